The molecular weight excluding hydrogens is 317 g/mol. The van der Waals surface area contributed by atoms with Crippen molar-refractivity contribution in [1.82, 2.24) is 10.6 Å². The maximum absolute atomic E-state index is 12.6. The van der Waals surface area contributed by atoms with Crippen molar-refractivity contribution in [3.05, 3.63) is 36.0 Å². The van der Waals surface area contributed by atoms with E-state index in [2.05, 4.69) is 10.6 Å². The topological polar surface area (TPSA) is 104 Å². The van der Waals surface area contributed by atoms with E-state index >= 15 is 0 Å². The number of phenolic OH excluding ortho intramolecular Hbond substituents is 1. The van der Waals surface area contributed by atoms with Crippen LogP contribution < -0.4 is 15.4 Å². The molecular formula is C16H22FN3O4. The van der Waals surface area contributed by atoms with Crippen LogP contribution in [-0.2, 0) is 4.74 Å². The second kappa shape index (κ2) is 9.51. The van der Waals surface area contributed by atoms with Gasteiger partial charge in [0.25, 0.3) is 5.91 Å². The summed E-state index contributed by atoms with van der Waals surface area (Å²) in [4.78, 5) is 12.1. The maximum atomic E-state index is 12.6. The van der Waals surface area contributed by atoms with Gasteiger partial charge < -0.3 is 25.2 Å². The van der Waals surface area contributed by atoms with Crippen molar-refractivity contribution in [2.45, 2.75) is 26.3 Å². The highest BCUT2D eigenvalue weighted by Crippen LogP contribution is 2.23. The number of halogens is 1. The van der Waals surface area contributed by atoms with Crippen LogP contribution in [0.5, 0.6) is 11.5 Å². The number of nitrogens with one attached hydrogen (secondary N) is 3. The molecule has 0 saturated heterocycles. The van der Waals surface area contributed by atoms with E-state index in [0.717, 1.165) is 0 Å². The molecule has 0 heterocycles. The van der Waals surface area contributed by atoms with Crippen molar-refractivity contribution in [1.29, 1.82) is 5.41 Å². The smallest absolute Gasteiger partial charge is 0.257 e. The fourth-order valence-electron chi connectivity index (χ4n) is 1.72. The molecule has 2 atom stereocenters. The zero-order chi connectivity index (χ0) is 18.1. The first-order valence-electron chi connectivity index (χ1n) is 7.32. The average molecular weight is 339 g/mol. The highest BCUT2D eigenvalue weighted by Gasteiger charge is 2.13. The highest BCUT2D eigenvalue weighted by atomic mass is 19.1. The van der Waals surface area contributed by atoms with Gasteiger partial charge in [-0.25, -0.2) is 4.39 Å². The molecule has 1 aromatic rings. The van der Waals surface area contributed by atoms with Crippen LogP contribution in [0.1, 0.15) is 24.2 Å². The number of aromatic hydroxyl groups is 1. The number of rotatable bonds is 8. The van der Waals surface area contributed by atoms with Gasteiger partial charge in [0, 0.05) is 18.7 Å². The molecule has 0 fully saturated rings. The Kier molecular flexibility index (Phi) is 7.70. The molecule has 0 aliphatic rings. The molecule has 0 saturated carbocycles. The van der Waals surface area contributed by atoms with Gasteiger partial charge >= 0.3 is 0 Å². The molecule has 132 valence electrons. The van der Waals surface area contributed by atoms with Crippen LogP contribution >= 0.6 is 0 Å². The van der Waals surface area contributed by atoms with Crippen LogP contribution in [0.3, 0.4) is 0 Å². The minimum Gasteiger partial charge on any atom is -0.508 e. The number of hydrogen-bond acceptors (Lipinski definition) is 6. The minimum atomic E-state index is -1.40. The third-order valence-corrected chi connectivity index (χ3v) is 2.72. The Morgan fingerprint density at radius 3 is 2.75 bits per heavy atom. The summed E-state index contributed by atoms with van der Waals surface area (Å²) >= 11 is 0. The van der Waals surface area contributed by atoms with Crippen LogP contribution in [-0.4, -0.2) is 43.0 Å². The average Bonchev–Trinajstić information content (AvgIpc) is 2.50. The Morgan fingerprint density at radius 1 is 1.42 bits per heavy atom. The number of carbonyl (C=O) groups excluding carboxylic acids is 1. The zero-order valence-corrected chi connectivity index (χ0v) is 13.8. The van der Waals surface area contributed by atoms with Crippen molar-refractivity contribution >= 4 is 11.7 Å². The predicted molar refractivity (Wildman–Crippen MR) is 88.1 cm³/mol. The SMILES string of the molecule is CN/C=C\C(=N)NC(=O)c1cc(O)cc(O[C@@H](C)COC(C)F)c1. The summed E-state index contributed by atoms with van der Waals surface area (Å²) in [6, 6.07) is 4.00. The van der Waals surface area contributed by atoms with Gasteiger partial charge in [-0.05, 0) is 38.3 Å². The first kappa shape index (κ1) is 19.4. The summed E-state index contributed by atoms with van der Waals surface area (Å²) in [6.07, 6.45) is 0.985. The number of carbonyl (C=O) groups is 1. The number of phenols is 1. The Labute approximate surface area is 140 Å². The first-order chi connectivity index (χ1) is 11.3. The van der Waals surface area contributed by atoms with Gasteiger partial charge in [0.05, 0.1) is 6.61 Å². The van der Waals surface area contributed by atoms with Crippen molar-refractivity contribution in [3.8, 4) is 11.5 Å². The van der Waals surface area contributed by atoms with E-state index in [0.29, 0.717) is 0 Å². The molecule has 4 N–H and O–H groups in total. The Bertz CT molecular complexity index is 605. The lowest BCUT2D eigenvalue weighted by atomic mass is 10.2. The summed E-state index contributed by atoms with van der Waals surface area (Å²) in [6.45, 7) is 2.96. The Hall–Kier alpha value is -2.61. The summed E-state index contributed by atoms with van der Waals surface area (Å²) < 4.78 is 22.9. The standard InChI is InChI=1S/C16H22FN3O4/c1-10(9-23-11(2)17)24-14-7-12(6-13(21)8-14)16(22)20-15(18)4-5-19-3/h4-8,10-11,19,21H,9H2,1-3H3,(H2,18,20,22)/b5-4-/t10-,11?/m0/s1. The number of amidine groups is 1. The van der Waals surface area contributed by atoms with Gasteiger partial charge in [0.15, 0.2) is 6.36 Å². The zero-order valence-electron chi connectivity index (χ0n) is 13.8. The summed E-state index contributed by atoms with van der Waals surface area (Å²) in [5.41, 5.74) is 0.125. The molecule has 1 unspecified atom stereocenters. The van der Waals surface area contributed by atoms with E-state index in [1.807, 2.05) is 0 Å². The van der Waals surface area contributed by atoms with Crippen LogP contribution in [0, 0.1) is 5.41 Å². The molecule has 0 aliphatic heterocycles. The van der Waals surface area contributed by atoms with Crippen LogP contribution in [0.25, 0.3) is 0 Å². The predicted octanol–water partition coefficient (Wildman–Crippen LogP) is 1.93. The minimum absolute atomic E-state index is 0.0221. The molecule has 24 heavy (non-hydrogen) atoms. The molecule has 1 aromatic carbocycles. The number of benzene rings is 1. The van der Waals surface area contributed by atoms with E-state index in [-0.39, 0.29) is 29.5 Å². The first-order valence-corrected chi connectivity index (χ1v) is 7.32. The lowest BCUT2D eigenvalue weighted by Crippen LogP contribution is -2.28. The Balaban J connectivity index is 2.76. The highest BCUT2D eigenvalue weighted by molar-refractivity contribution is 6.09. The van der Waals surface area contributed by atoms with Crippen molar-refractivity contribution in [3.63, 3.8) is 0 Å². The largest absolute Gasteiger partial charge is 0.508 e. The molecule has 0 bridgehead atoms. The lowest BCUT2D eigenvalue weighted by molar-refractivity contribution is -0.0524. The molecule has 8 heteroatoms. The van der Waals surface area contributed by atoms with Crippen LogP contribution in [0.2, 0.25) is 0 Å². The lowest BCUT2D eigenvalue weighted by Gasteiger charge is -2.16. The van der Waals surface area contributed by atoms with Crippen LogP contribution in [0.4, 0.5) is 4.39 Å². The molecule has 0 spiro atoms. The molecule has 1 rings (SSSR count). The van der Waals surface area contributed by atoms with Gasteiger partial charge in [-0.2, -0.15) is 0 Å². The van der Waals surface area contributed by atoms with E-state index in [9.17, 15) is 14.3 Å². The third-order valence-electron chi connectivity index (χ3n) is 2.72. The van der Waals surface area contributed by atoms with Crippen molar-refractivity contribution in [2.75, 3.05) is 13.7 Å². The van der Waals surface area contributed by atoms with E-state index in [1.54, 1.807) is 14.0 Å². The number of amides is 1. The van der Waals surface area contributed by atoms with Gasteiger partial charge in [-0.3, -0.25) is 10.2 Å². The summed E-state index contributed by atoms with van der Waals surface area (Å²) in [5.74, 6) is -0.608. The Morgan fingerprint density at radius 2 is 2.12 bits per heavy atom. The van der Waals surface area contributed by atoms with Gasteiger partial charge in [0.1, 0.15) is 23.4 Å². The van der Waals surface area contributed by atoms with Crippen molar-refractivity contribution < 1.29 is 23.8 Å². The van der Waals surface area contributed by atoms with E-state index in [1.165, 1.54) is 37.4 Å². The number of ether oxygens (including phenoxy) is 2. The fraction of sp³-hybridized carbons (Fsp3) is 0.375. The molecule has 0 aromatic heterocycles. The molecule has 0 aliphatic carbocycles. The number of alkyl halides is 1. The second-order valence-corrected chi connectivity index (χ2v) is 5.01. The fourth-order valence-corrected chi connectivity index (χ4v) is 1.72. The normalized spacial score (nSPS) is 13.3. The van der Waals surface area contributed by atoms with Crippen molar-refractivity contribution in [2.24, 2.45) is 0 Å². The van der Waals surface area contributed by atoms with Gasteiger partial charge in [-0.1, -0.05) is 0 Å². The molecule has 0 radical (unpaired) electrons. The van der Waals surface area contributed by atoms with Crippen LogP contribution in [0.15, 0.2) is 30.5 Å². The molecule has 1 amide bonds. The monoisotopic (exact) mass is 339 g/mol. The van der Waals surface area contributed by atoms with E-state index in [4.69, 9.17) is 14.9 Å². The van der Waals surface area contributed by atoms with E-state index < -0.39 is 18.4 Å². The number of hydrogen-bond donors (Lipinski definition) is 4. The third kappa shape index (κ3) is 7.10. The quantitative estimate of drug-likeness (QED) is 0.428. The second-order valence-electron chi connectivity index (χ2n) is 5.01. The maximum Gasteiger partial charge on any atom is 0.257 e. The van der Waals surface area contributed by atoms with Gasteiger partial charge in [-0.15, -0.1) is 0 Å². The van der Waals surface area contributed by atoms with Gasteiger partial charge in [0.2, 0.25) is 0 Å². The molecule has 7 nitrogen and oxygen atoms in total. The summed E-state index contributed by atoms with van der Waals surface area (Å²) in [7, 11) is 1.67. The summed E-state index contributed by atoms with van der Waals surface area (Å²) in [5, 5.41) is 22.4.